The molecule has 356 valence electrons. The van der Waals surface area contributed by atoms with Crippen LogP contribution in [0.5, 0.6) is 0 Å². The van der Waals surface area contributed by atoms with E-state index in [0.717, 1.165) is 73.6 Å². The van der Waals surface area contributed by atoms with Gasteiger partial charge in [-0.25, -0.2) is 24.5 Å². The largest absolute Gasteiger partial charge is 0.453 e. The van der Waals surface area contributed by atoms with E-state index in [1.807, 2.05) is 46.2 Å². The number of carbonyl (C=O) groups excluding carboxylic acids is 4. The van der Waals surface area contributed by atoms with Gasteiger partial charge in [0.05, 0.1) is 71.3 Å². The van der Waals surface area contributed by atoms with Crippen LogP contribution in [0.4, 0.5) is 9.59 Å². The number of rotatable bonds is 10. The Balaban J connectivity index is 0.732. The van der Waals surface area contributed by atoms with E-state index in [9.17, 15) is 19.2 Å². The Labute approximate surface area is 396 Å². The van der Waals surface area contributed by atoms with E-state index in [2.05, 4.69) is 45.7 Å². The molecule has 8 aliphatic rings. The predicted molar refractivity (Wildman–Crippen MR) is 250 cm³/mol. The first-order valence-electron chi connectivity index (χ1n) is 24.4. The quantitative estimate of drug-likeness (QED) is 0.123. The fourth-order valence-electron chi connectivity index (χ4n) is 12.8. The third-order valence-corrected chi connectivity index (χ3v) is 16.7. The summed E-state index contributed by atoms with van der Waals surface area (Å²) in [5.74, 6) is 3.42. The summed E-state index contributed by atoms with van der Waals surface area (Å²) >= 11 is 0. The van der Waals surface area contributed by atoms with Crippen LogP contribution in [0.2, 0.25) is 0 Å². The van der Waals surface area contributed by atoms with Crippen LogP contribution in [-0.4, -0.2) is 129 Å². The molecule has 4 amide bonds. The number of aromatic amines is 2. The zero-order valence-corrected chi connectivity index (χ0v) is 38.6. The molecular weight excluding hydrogens is 881 g/mol. The normalized spacial score (nSPS) is 28.8. The second-order valence-corrected chi connectivity index (χ2v) is 20.2. The van der Waals surface area contributed by atoms with Crippen LogP contribution in [0.3, 0.4) is 0 Å². The van der Waals surface area contributed by atoms with Crippen molar-refractivity contribution in [3.63, 3.8) is 0 Å². The maximum Gasteiger partial charge on any atom is 0.407 e. The number of methoxy groups -OCH3 is 2. The van der Waals surface area contributed by atoms with E-state index in [0.29, 0.717) is 81.7 Å². The number of hydrogen-bond acceptors (Lipinski definition) is 12. The maximum atomic E-state index is 14.5. The van der Waals surface area contributed by atoms with Crippen LogP contribution >= 0.6 is 0 Å². The van der Waals surface area contributed by atoms with Gasteiger partial charge in [0.2, 0.25) is 11.8 Å². The molecule has 5 aliphatic heterocycles. The Bertz CT molecular complexity index is 3060. The van der Waals surface area contributed by atoms with E-state index in [4.69, 9.17) is 38.9 Å². The summed E-state index contributed by atoms with van der Waals surface area (Å²) < 4.78 is 21.1. The number of hydrogen-bond donors (Lipinski definition) is 4. The van der Waals surface area contributed by atoms with Crippen molar-refractivity contribution in [3.8, 4) is 22.4 Å². The van der Waals surface area contributed by atoms with Gasteiger partial charge in [-0.05, 0) is 121 Å². The van der Waals surface area contributed by atoms with Crippen molar-refractivity contribution in [1.29, 1.82) is 0 Å². The highest BCUT2D eigenvalue weighted by atomic mass is 16.5. The summed E-state index contributed by atoms with van der Waals surface area (Å²) in [7, 11) is 2.64. The molecule has 3 unspecified atom stereocenters. The number of alkyl carbamates (subject to hydrolysis) is 2. The zero-order valence-electron chi connectivity index (χ0n) is 38.6. The molecule has 3 aromatic carbocycles. The minimum atomic E-state index is -0.701. The molecule has 8 fully saturated rings. The summed E-state index contributed by atoms with van der Waals surface area (Å²) in [6, 6.07) is 16.8. The number of likely N-dealkylation sites (tertiary alicyclic amines) is 1. The van der Waals surface area contributed by atoms with E-state index < -0.39 is 24.3 Å². The molecule has 0 spiro atoms. The number of H-pyrrole nitrogens is 2. The van der Waals surface area contributed by atoms with Gasteiger partial charge in [-0.1, -0.05) is 25.1 Å². The van der Waals surface area contributed by atoms with Crippen molar-refractivity contribution >= 4 is 57.1 Å². The fourth-order valence-corrected chi connectivity index (χ4v) is 12.8. The lowest BCUT2D eigenvalue weighted by atomic mass is 9.90. The van der Waals surface area contributed by atoms with Gasteiger partial charge in [0.25, 0.3) is 0 Å². The average Bonchev–Trinajstić information content (AvgIpc) is 4.10. The number of fused-ring (bicyclic) bond motifs is 5. The molecule has 3 saturated carbocycles. The van der Waals surface area contributed by atoms with Crippen molar-refractivity contribution in [2.24, 2.45) is 41.4 Å². The molecule has 14 rings (SSSR count). The first-order valence-corrected chi connectivity index (χ1v) is 24.4. The second kappa shape index (κ2) is 16.2. The number of imidazole rings is 2. The third-order valence-electron chi connectivity index (χ3n) is 16.7. The van der Waals surface area contributed by atoms with E-state index >= 15 is 0 Å². The average molecular weight is 935 g/mol. The van der Waals surface area contributed by atoms with Gasteiger partial charge in [-0.2, -0.15) is 0 Å². The minimum absolute atomic E-state index is 0.0297. The Morgan fingerprint density at radius 3 is 1.84 bits per heavy atom. The Morgan fingerprint density at radius 1 is 0.652 bits per heavy atom. The van der Waals surface area contributed by atoms with Gasteiger partial charge in [0, 0.05) is 44.1 Å². The van der Waals surface area contributed by atoms with Gasteiger partial charge >= 0.3 is 12.2 Å². The van der Waals surface area contributed by atoms with Crippen LogP contribution in [0.25, 0.3) is 55.5 Å². The van der Waals surface area contributed by atoms with Crippen molar-refractivity contribution in [2.45, 2.75) is 75.3 Å². The monoisotopic (exact) mass is 934 g/mol. The standard InChI is InChI=1S/C51H54N10O8/c1-23-29-21-37(60(43(23)29)48(62)41(58-50(64)66-2)24-10-14-68-15-11-24)46-54-31-8-5-27(19-34(31)56-46)26-4-7-30-33(18-26)52-22-36(53-30)28-6-9-32-35(20-28)57-47(55-32)45-40-38-39(40)44(38)61(45)49(63)42(59-51(65)67-3)25-12-16-69-17-13-25/h4-9,18-20,22-25,29,37-45H,10-17,21H2,1-3H3,(H,54,56)(H,55,57)(H,58,64)(H,59,65)/t23-,29+,37+,38-,39?,40?,41+,42+,43-,44?,45+/m1/s1. The number of aromatic nitrogens is 6. The Kier molecular flexibility index (Phi) is 9.98. The third kappa shape index (κ3) is 7.03. The van der Waals surface area contributed by atoms with Crippen LogP contribution in [-0.2, 0) is 28.5 Å². The molecule has 69 heavy (non-hydrogen) atoms. The zero-order chi connectivity index (χ0) is 46.8. The summed E-state index contributed by atoms with van der Waals surface area (Å²) in [5.41, 5.74) is 8.45. The molecule has 2 bridgehead atoms. The van der Waals surface area contributed by atoms with Gasteiger partial charge in [0.15, 0.2) is 0 Å². The van der Waals surface area contributed by atoms with E-state index in [1.165, 1.54) is 14.2 Å². The van der Waals surface area contributed by atoms with Crippen LogP contribution < -0.4 is 10.6 Å². The summed E-state index contributed by atoms with van der Waals surface area (Å²) in [6.07, 6.45) is 4.16. The van der Waals surface area contributed by atoms with E-state index in [1.54, 1.807) is 6.20 Å². The fraction of sp³-hybridized carbons (Fsp3) is 0.490. The highest BCUT2D eigenvalue weighted by Gasteiger charge is 2.86. The predicted octanol–water partition coefficient (Wildman–Crippen LogP) is 6.05. The summed E-state index contributed by atoms with van der Waals surface area (Å²) in [6.45, 7) is 4.42. The number of ether oxygens (including phenoxy) is 4. The number of nitrogens with zero attached hydrogens (tertiary/aromatic N) is 6. The Hall–Kier alpha value is -6.66. The number of carbonyl (C=O) groups is 4. The molecule has 3 aliphatic carbocycles. The van der Waals surface area contributed by atoms with Crippen molar-refractivity contribution < 1.29 is 38.1 Å². The number of amides is 4. The topological polar surface area (TPSA) is 219 Å². The van der Waals surface area contributed by atoms with Crippen LogP contribution in [0.15, 0.2) is 60.8 Å². The summed E-state index contributed by atoms with van der Waals surface area (Å²) in [5, 5.41) is 5.75. The van der Waals surface area contributed by atoms with Gasteiger partial charge in [-0.15, -0.1) is 0 Å². The van der Waals surface area contributed by atoms with Gasteiger partial charge in [0.1, 0.15) is 23.7 Å². The lowest BCUT2D eigenvalue weighted by Crippen LogP contribution is -2.54. The molecular formula is C51H54N10O8. The molecule has 6 aromatic rings. The molecule has 18 nitrogen and oxygen atoms in total. The molecule has 8 heterocycles. The molecule has 3 aromatic heterocycles. The highest BCUT2D eigenvalue weighted by Crippen LogP contribution is 2.81. The number of piperidine rings is 2. The first kappa shape index (κ1) is 42.4. The molecule has 4 N–H and O–H groups in total. The molecule has 11 atom stereocenters. The minimum Gasteiger partial charge on any atom is -0.453 e. The maximum absolute atomic E-state index is 14.5. The summed E-state index contributed by atoms with van der Waals surface area (Å²) in [4.78, 5) is 84.9. The Morgan fingerprint density at radius 2 is 1.20 bits per heavy atom. The van der Waals surface area contributed by atoms with Crippen LogP contribution in [0, 0.1) is 41.4 Å². The first-order chi connectivity index (χ1) is 33.7. The van der Waals surface area contributed by atoms with Crippen molar-refractivity contribution in [2.75, 3.05) is 40.6 Å². The van der Waals surface area contributed by atoms with Crippen molar-refractivity contribution in [1.82, 2.24) is 50.3 Å². The van der Waals surface area contributed by atoms with Crippen LogP contribution in [0.1, 0.15) is 62.8 Å². The number of nitrogens with one attached hydrogen (secondary N) is 4. The lowest BCUT2D eigenvalue weighted by Gasteiger charge is -2.35. The smallest absolute Gasteiger partial charge is 0.407 e. The molecule has 5 saturated heterocycles. The van der Waals surface area contributed by atoms with Crippen molar-refractivity contribution in [3.05, 3.63) is 72.4 Å². The lowest BCUT2D eigenvalue weighted by molar-refractivity contribution is -0.138. The van der Waals surface area contributed by atoms with E-state index in [-0.39, 0.29) is 47.8 Å². The number of benzene rings is 3. The molecule has 18 heteroatoms. The van der Waals surface area contributed by atoms with Gasteiger partial charge in [-0.3, -0.25) is 14.6 Å². The SMILES string of the molecule is COC(=O)N[C@H](C(=O)N1C2C3C([C@@H]32)[C@H]1c1nc2ccc(-c3cnc4cc(-c5ccc6nc([C@@H]7C[C@H]8[C@@H](C)[C@H]8N7C(=O)[C@@H](NC(=O)OC)C7CCOCC7)[nH]c6c5)ccc4n3)cc2[nH]1)C1CCOCC1. The van der Waals surface area contributed by atoms with Gasteiger partial charge < -0.3 is 49.3 Å². The molecule has 0 radical (unpaired) electrons. The second-order valence-electron chi connectivity index (χ2n) is 20.2. The highest BCUT2D eigenvalue weighted by molar-refractivity contribution is 5.91.